The molecular weight excluding hydrogens is 281 g/mol. The Kier molecular flexibility index (Phi) is 4.25. The average Bonchev–Trinajstić information content (AvgIpc) is 2.78. The van der Waals surface area contributed by atoms with E-state index in [1.807, 2.05) is 0 Å². The SMILES string of the molecule is Cc1ccc([C@H](C)NS(=O)(=O)Cc2ccc(F)cc2)o1. The van der Waals surface area contributed by atoms with Crippen molar-refractivity contribution in [1.29, 1.82) is 0 Å². The summed E-state index contributed by atoms with van der Waals surface area (Å²) >= 11 is 0. The number of aryl methyl sites for hydroxylation is 1. The first-order valence-electron chi connectivity index (χ1n) is 6.16. The van der Waals surface area contributed by atoms with Crippen LogP contribution in [0.4, 0.5) is 4.39 Å². The predicted molar refractivity (Wildman–Crippen MR) is 74.0 cm³/mol. The van der Waals surface area contributed by atoms with Crippen LogP contribution in [0.25, 0.3) is 0 Å². The van der Waals surface area contributed by atoms with Crippen LogP contribution in [0.5, 0.6) is 0 Å². The molecule has 0 bridgehead atoms. The fourth-order valence-electron chi connectivity index (χ4n) is 1.86. The van der Waals surface area contributed by atoms with E-state index in [1.165, 1.54) is 24.3 Å². The van der Waals surface area contributed by atoms with Crippen LogP contribution in [0, 0.1) is 12.7 Å². The summed E-state index contributed by atoms with van der Waals surface area (Å²) in [4.78, 5) is 0. The first kappa shape index (κ1) is 14.7. The second-order valence-corrected chi connectivity index (χ2v) is 6.43. The molecule has 0 amide bonds. The average molecular weight is 297 g/mol. The minimum atomic E-state index is -3.52. The molecule has 0 saturated carbocycles. The third-order valence-electron chi connectivity index (χ3n) is 2.81. The Morgan fingerprint density at radius 2 is 1.85 bits per heavy atom. The van der Waals surface area contributed by atoms with Crippen molar-refractivity contribution in [2.24, 2.45) is 0 Å². The molecule has 0 spiro atoms. The molecule has 1 N–H and O–H groups in total. The van der Waals surface area contributed by atoms with E-state index in [-0.39, 0.29) is 5.75 Å². The lowest BCUT2D eigenvalue weighted by molar-refractivity contribution is 0.441. The zero-order valence-electron chi connectivity index (χ0n) is 11.3. The van der Waals surface area contributed by atoms with Gasteiger partial charge in [-0.1, -0.05) is 12.1 Å². The molecule has 108 valence electrons. The fraction of sp³-hybridized carbons (Fsp3) is 0.286. The summed E-state index contributed by atoms with van der Waals surface area (Å²) < 4.78 is 44.7. The molecule has 1 aromatic carbocycles. The van der Waals surface area contributed by atoms with Gasteiger partial charge in [-0.15, -0.1) is 0 Å². The molecule has 2 rings (SSSR count). The van der Waals surface area contributed by atoms with E-state index in [9.17, 15) is 12.8 Å². The van der Waals surface area contributed by atoms with Gasteiger partial charge in [-0.3, -0.25) is 0 Å². The quantitative estimate of drug-likeness (QED) is 0.923. The lowest BCUT2D eigenvalue weighted by atomic mass is 10.2. The van der Waals surface area contributed by atoms with Crippen molar-refractivity contribution in [1.82, 2.24) is 4.72 Å². The second-order valence-electron chi connectivity index (χ2n) is 4.67. The van der Waals surface area contributed by atoms with E-state index in [2.05, 4.69) is 4.72 Å². The van der Waals surface area contributed by atoms with Gasteiger partial charge in [-0.05, 0) is 43.7 Å². The van der Waals surface area contributed by atoms with Gasteiger partial charge in [-0.25, -0.2) is 17.5 Å². The Bertz CT molecular complexity index is 677. The van der Waals surface area contributed by atoms with Gasteiger partial charge in [0.05, 0.1) is 11.8 Å². The van der Waals surface area contributed by atoms with Crippen molar-refractivity contribution in [2.75, 3.05) is 0 Å². The molecule has 0 radical (unpaired) electrons. The molecule has 0 fully saturated rings. The van der Waals surface area contributed by atoms with Gasteiger partial charge < -0.3 is 4.42 Å². The van der Waals surface area contributed by atoms with Crippen molar-refractivity contribution in [3.8, 4) is 0 Å². The van der Waals surface area contributed by atoms with Crippen LogP contribution >= 0.6 is 0 Å². The summed E-state index contributed by atoms with van der Waals surface area (Å²) in [5.74, 6) is 0.699. The van der Waals surface area contributed by atoms with Gasteiger partial charge in [0.25, 0.3) is 0 Å². The molecule has 1 aromatic heterocycles. The molecule has 1 atom stereocenters. The van der Waals surface area contributed by atoms with Gasteiger partial charge in [0.2, 0.25) is 10.0 Å². The predicted octanol–water partition coefficient (Wildman–Crippen LogP) is 2.91. The van der Waals surface area contributed by atoms with Crippen molar-refractivity contribution in [3.05, 3.63) is 59.3 Å². The molecule has 0 unspecified atom stereocenters. The van der Waals surface area contributed by atoms with E-state index in [1.54, 1.807) is 26.0 Å². The molecule has 0 saturated heterocycles. The highest BCUT2D eigenvalue weighted by atomic mass is 32.2. The van der Waals surface area contributed by atoms with Crippen molar-refractivity contribution in [2.45, 2.75) is 25.6 Å². The zero-order valence-corrected chi connectivity index (χ0v) is 12.1. The maximum absolute atomic E-state index is 12.8. The molecule has 4 nitrogen and oxygen atoms in total. The molecule has 20 heavy (non-hydrogen) atoms. The smallest absolute Gasteiger partial charge is 0.216 e. The largest absolute Gasteiger partial charge is 0.465 e. The van der Waals surface area contributed by atoms with E-state index in [0.29, 0.717) is 11.3 Å². The fourth-order valence-corrected chi connectivity index (χ4v) is 3.22. The Morgan fingerprint density at radius 3 is 2.40 bits per heavy atom. The summed E-state index contributed by atoms with van der Waals surface area (Å²) in [6.07, 6.45) is 0. The van der Waals surface area contributed by atoms with Gasteiger partial charge in [0.1, 0.15) is 17.3 Å². The molecule has 0 aliphatic rings. The van der Waals surface area contributed by atoms with E-state index in [0.717, 1.165) is 5.76 Å². The summed E-state index contributed by atoms with van der Waals surface area (Å²) in [5.41, 5.74) is 0.529. The van der Waals surface area contributed by atoms with Gasteiger partial charge in [-0.2, -0.15) is 0 Å². The number of sulfonamides is 1. The number of furan rings is 1. The molecule has 0 aliphatic heterocycles. The third kappa shape index (κ3) is 3.91. The topological polar surface area (TPSA) is 59.3 Å². The molecule has 2 aromatic rings. The number of benzene rings is 1. The number of hydrogen-bond acceptors (Lipinski definition) is 3. The van der Waals surface area contributed by atoms with Gasteiger partial charge in [0, 0.05) is 0 Å². The number of nitrogens with one attached hydrogen (secondary N) is 1. The minimum Gasteiger partial charge on any atom is -0.465 e. The lowest BCUT2D eigenvalue weighted by Crippen LogP contribution is -2.27. The molecule has 6 heteroatoms. The van der Waals surface area contributed by atoms with Crippen LogP contribution in [-0.2, 0) is 15.8 Å². The van der Waals surface area contributed by atoms with Crippen LogP contribution in [0.15, 0.2) is 40.8 Å². The summed E-state index contributed by atoms with van der Waals surface area (Å²) in [6.45, 7) is 3.50. The number of rotatable bonds is 5. The van der Waals surface area contributed by atoms with Gasteiger partial charge in [0.15, 0.2) is 0 Å². The van der Waals surface area contributed by atoms with E-state index in [4.69, 9.17) is 4.42 Å². The number of hydrogen-bond donors (Lipinski definition) is 1. The minimum absolute atomic E-state index is 0.197. The van der Waals surface area contributed by atoms with Gasteiger partial charge >= 0.3 is 0 Å². The Morgan fingerprint density at radius 1 is 1.20 bits per heavy atom. The van der Waals surface area contributed by atoms with Crippen molar-refractivity contribution >= 4 is 10.0 Å². The first-order chi connectivity index (χ1) is 9.35. The number of halogens is 1. The maximum atomic E-state index is 12.8. The molecular formula is C14H16FNO3S. The van der Waals surface area contributed by atoms with Crippen LogP contribution in [0.2, 0.25) is 0 Å². The highest BCUT2D eigenvalue weighted by Crippen LogP contribution is 2.17. The van der Waals surface area contributed by atoms with Crippen LogP contribution in [0.3, 0.4) is 0 Å². The summed E-state index contributed by atoms with van der Waals surface area (Å²) in [5, 5.41) is 0. The second kappa shape index (κ2) is 5.76. The maximum Gasteiger partial charge on any atom is 0.216 e. The van der Waals surface area contributed by atoms with Crippen LogP contribution < -0.4 is 4.72 Å². The third-order valence-corrected chi connectivity index (χ3v) is 4.24. The highest BCUT2D eigenvalue weighted by Gasteiger charge is 2.18. The van der Waals surface area contributed by atoms with E-state index < -0.39 is 21.9 Å². The monoisotopic (exact) mass is 297 g/mol. The normalized spacial score (nSPS) is 13.3. The van der Waals surface area contributed by atoms with Crippen molar-refractivity contribution < 1.29 is 17.2 Å². The zero-order chi connectivity index (χ0) is 14.8. The first-order valence-corrected chi connectivity index (χ1v) is 7.82. The Hall–Kier alpha value is -1.66. The lowest BCUT2D eigenvalue weighted by Gasteiger charge is -2.12. The van der Waals surface area contributed by atoms with E-state index >= 15 is 0 Å². The van der Waals surface area contributed by atoms with Crippen molar-refractivity contribution in [3.63, 3.8) is 0 Å². The Balaban J connectivity index is 2.05. The summed E-state index contributed by atoms with van der Waals surface area (Å²) in [7, 11) is -3.52. The standard InChI is InChI=1S/C14H16FNO3S/c1-10-3-8-14(19-10)11(2)16-20(17,18)9-12-4-6-13(15)7-5-12/h3-8,11,16H,9H2,1-2H3/t11-/m0/s1. The van der Waals surface area contributed by atoms with Crippen LogP contribution in [0.1, 0.15) is 30.0 Å². The summed E-state index contributed by atoms with van der Waals surface area (Å²) in [6, 6.07) is 8.45. The molecule has 0 aliphatic carbocycles. The highest BCUT2D eigenvalue weighted by molar-refractivity contribution is 7.88. The van der Waals surface area contributed by atoms with Crippen LogP contribution in [-0.4, -0.2) is 8.42 Å². The Labute approximate surface area is 117 Å². The molecule has 1 heterocycles.